The summed E-state index contributed by atoms with van der Waals surface area (Å²) < 4.78 is 12.8. The van der Waals surface area contributed by atoms with Crippen LogP contribution in [0.5, 0.6) is 0 Å². The van der Waals surface area contributed by atoms with Crippen LogP contribution in [0.15, 0.2) is 48.5 Å². The molecule has 114 valence electrons. The molecule has 0 unspecified atom stereocenters. The van der Waals surface area contributed by atoms with E-state index in [1.54, 1.807) is 43.3 Å². The molecular formula is C17H17FN2O2. The molecule has 0 fully saturated rings. The fraction of sp³-hybridized carbons (Fsp3) is 0.176. The predicted molar refractivity (Wildman–Crippen MR) is 82.9 cm³/mol. The van der Waals surface area contributed by atoms with Crippen LogP contribution in [0.25, 0.3) is 0 Å². The molecule has 2 N–H and O–H groups in total. The van der Waals surface area contributed by atoms with Crippen molar-refractivity contribution in [3.8, 4) is 0 Å². The minimum atomic E-state index is -0.306. The SMILES string of the molecule is CCC(=O)Nc1ccc(C(=O)NCc2ccc(F)cc2)cc1. The van der Waals surface area contributed by atoms with Gasteiger partial charge in [0.1, 0.15) is 5.82 Å². The molecule has 5 heteroatoms. The summed E-state index contributed by atoms with van der Waals surface area (Å²) in [6.45, 7) is 2.10. The number of nitrogens with one attached hydrogen (secondary N) is 2. The summed E-state index contributed by atoms with van der Waals surface area (Å²) in [5.74, 6) is -0.606. The minimum Gasteiger partial charge on any atom is -0.348 e. The molecule has 0 aromatic heterocycles. The second-order valence-electron chi connectivity index (χ2n) is 4.79. The van der Waals surface area contributed by atoms with E-state index in [2.05, 4.69) is 10.6 Å². The van der Waals surface area contributed by atoms with Crippen LogP contribution in [0.2, 0.25) is 0 Å². The third kappa shape index (κ3) is 4.41. The van der Waals surface area contributed by atoms with Crippen molar-refractivity contribution in [1.82, 2.24) is 5.32 Å². The van der Waals surface area contributed by atoms with E-state index in [0.717, 1.165) is 5.56 Å². The maximum atomic E-state index is 12.8. The average Bonchev–Trinajstić information content (AvgIpc) is 2.54. The van der Waals surface area contributed by atoms with Gasteiger partial charge in [-0.05, 0) is 42.0 Å². The molecule has 0 saturated carbocycles. The zero-order valence-corrected chi connectivity index (χ0v) is 12.2. The second-order valence-corrected chi connectivity index (χ2v) is 4.79. The zero-order valence-electron chi connectivity index (χ0n) is 12.2. The van der Waals surface area contributed by atoms with Gasteiger partial charge in [0.2, 0.25) is 5.91 Å². The summed E-state index contributed by atoms with van der Waals surface area (Å²) in [5, 5.41) is 5.47. The molecule has 0 aliphatic heterocycles. The monoisotopic (exact) mass is 300 g/mol. The Kier molecular flexibility index (Phi) is 5.25. The maximum absolute atomic E-state index is 12.8. The lowest BCUT2D eigenvalue weighted by atomic mass is 10.1. The third-order valence-electron chi connectivity index (χ3n) is 3.12. The van der Waals surface area contributed by atoms with Crippen molar-refractivity contribution >= 4 is 17.5 Å². The Balaban J connectivity index is 1.92. The van der Waals surface area contributed by atoms with Crippen molar-refractivity contribution in [3.63, 3.8) is 0 Å². The van der Waals surface area contributed by atoms with E-state index < -0.39 is 0 Å². The van der Waals surface area contributed by atoms with Crippen molar-refractivity contribution in [1.29, 1.82) is 0 Å². The molecule has 0 bridgehead atoms. The molecule has 0 radical (unpaired) electrons. The lowest BCUT2D eigenvalue weighted by Gasteiger charge is -2.07. The number of anilines is 1. The van der Waals surface area contributed by atoms with E-state index in [0.29, 0.717) is 24.2 Å². The van der Waals surface area contributed by atoms with E-state index in [1.165, 1.54) is 12.1 Å². The number of halogens is 1. The van der Waals surface area contributed by atoms with Gasteiger partial charge in [0, 0.05) is 24.2 Å². The van der Waals surface area contributed by atoms with Crippen LogP contribution in [0.3, 0.4) is 0 Å². The van der Waals surface area contributed by atoms with Gasteiger partial charge in [-0.2, -0.15) is 0 Å². The molecule has 0 atom stereocenters. The fourth-order valence-electron chi connectivity index (χ4n) is 1.84. The van der Waals surface area contributed by atoms with Gasteiger partial charge in [-0.3, -0.25) is 9.59 Å². The first-order chi connectivity index (χ1) is 10.6. The summed E-state index contributed by atoms with van der Waals surface area (Å²) in [6.07, 6.45) is 0.403. The highest BCUT2D eigenvalue weighted by Gasteiger charge is 2.06. The van der Waals surface area contributed by atoms with Crippen LogP contribution in [0.1, 0.15) is 29.3 Å². The lowest BCUT2D eigenvalue weighted by Crippen LogP contribution is -2.22. The van der Waals surface area contributed by atoms with Crippen LogP contribution < -0.4 is 10.6 Å². The van der Waals surface area contributed by atoms with Crippen LogP contribution in [-0.4, -0.2) is 11.8 Å². The second kappa shape index (κ2) is 7.36. The normalized spacial score (nSPS) is 10.1. The van der Waals surface area contributed by atoms with Gasteiger partial charge in [-0.15, -0.1) is 0 Å². The number of hydrogen-bond acceptors (Lipinski definition) is 2. The van der Waals surface area contributed by atoms with E-state index in [1.807, 2.05) is 0 Å². The smallest absolute Gasteiger partial charge is 0.251 e. The van der Waals surface area contributed by atoms with E-state index in [9.17, 15) is 14.0 Å². The molecule has 0 saturated heterocycles. The van der Waals surface area contributed by atoms with Gasteiger partial charge in [0.25, 0.3) is 5.91 Å². The summed E-state index contributed by atoms with van der Waals surface area (Å²) in [4.78, 5) is 23.3. The quantitative estimate of drug-likeness (QED) is 0.891. The van der Waals surface area contributed by atoms with Gasteiger partial charge in [0.05, 0.1) is 0 Å². The average molecular weight is 300 g/mol. The van der Waals surface area contributed by atoms with E-state index in [-0.39, 0.29) is 17.6 Å². The Morgan fingerprint density at radius 2 is 1.64 bits per heavy atom. The summed E-state index contributed by atoms with van der Waals surface area (Å²) in [5.41, 5.74) is 1.97. The molecule has 2 amide bonds. The molecule has 0 heterocycles. The number of rotatable bonds is 5. The molecule has 2 aromatic rings. The van der Waals surface area contributed by atoms with Gasteiger partial charge in [-0.25, -0.2) is 4.39 Å². The van der Waals surface area contributed by atoms with E-state index >= 15 is 0 Å². The Bertz CT molecular complexity index is 651. The lowest BCUT2D eigenvalue weighted by molar-refractivity contribution is -0.115. The van der Waals surface area contributed by atoms with Gasteiger partial charge < -0.3 is 10.6 Å². The van der Waals surface area contributed by atoms with Crippen molar-refractivity contribution < 1.29 is 14.0 Å². The molecule has 0 aliphatic rings. The van der Waals surface area contributed by atoms with Crippen molar-refractivity contribution in [2.75, 3.05) is 5.32 Å². The Morgan fingerprint density at radius 1 is 1.00 bits per heavy atom. The van der Waals surface area contributed by atoms with Gasteiger partial charge in [0.15, 0.2) is 0 Å². The number of benzene rings is 2. The van der Waals surface area contributed by atoms with Crippen LogP contribution in [0.4, 0.5) is 10.1 Å². The molecule has 2 aromatic carbocycles. The van der Waals surface area contributed by atoms with Crippen LogP contribution in [0, 0.1) is 5.82 Å². The Morgan fingerprint density at radius 3 is 2.23 bits per heavy atom. The molecule has 4 nitrogen and oxygen atoms in total. The Labute approximate surface area is 128 Å². The molecule has 22 heavy (non-hydrogen) atoms. The molecule has 0 spiro atoms. The van der Waals surface area contributed by atoms with Crippen LogP contribution in [-0.2, 0) is 11.3 Å². The predicted octanol–water partition coefficient (Wildman–Crippen LogP) is 3.10. The zero-order chi connectivity index (χ0) is 15.9. The minimum absolute atomic E-state index is 0.0755. The first kappa shape index (κ1) is 15.7. The van der Waals surface area contributed by atoms with Gasteiger partial charge >= 0.3 is 0 Å². The first-order valence-corrected chi connectivity index (χ1v) is 7.01. The largest absolute Gasteiger partial charge is 0.348 e. The summed E-state index contributed by atoms with van der Waals surface area (Å²) in [6, 6.07) is 12.6. The summed E-state index contributed by atoms with van der Waals surface area (Å²) in [7, 11) is 0. The third-order valence-corrected chi connectivity index (χ3v) is 3.12. The van der Waals surface area contributed by atoms with Crippen molar-refractivity contribution in [2.45, 2.75) is 19.9 Å². The number of carbonyl (C=O) groups is 2. The van der Waals surface area contributed by atoms with E-state index in [4.69, 9.17) is 0 Å². The number of hydrogen-bond donors (Lipinski definition) is 2. The highest BCUT2D eigenvalue weighted by Crippen LogP contribution is 2.10. The fourth-order valence-corrected chi connectivity index (χ4v) is 1.84. The molecular weight excluding hydrogens is 283 g/mol. The van der Waals surface area contributed by atoms with Crippen molar-refractivity contribution in [2.24, 2.45) is 0 Å². The number of amides is 2. The molecule has 2 rings (SSSR count). The maximum Gasteiger partial charge on any atom is 0.251 e. The molecule has 0 aliphatic carbocycles. The Hall–Kier alpha value is -2.69. The van der Waals surface area contributed by atoms with Crippen molar-refractivity contribution in [3.05, 3.63) is 65.5 Å². The number of carbonyl (C=O) groups excluding carboxylic acids is 2. The highest BCUT2D eigenvalue weighted by atomic mass is 19.1. The summed E-state index contributed by atoms with van der Waals surface area (Å²) >= 11 is 0. The topological polar surface area (TPSA) is 58.2 Å². The first-order valence-electron chi connectivity index (χ1n) is 7.01. The van der Waals surface area contributed by atoms with Crippen LogP contribution >= 0.6 is 0 Å². The van der Waals surface area contributed by atoms with Gasteiger partial charge in [-0.1, -0.05) is 19.1 Å². The standard InChI is InChI=1S/C17H17FN2O2/c1-2-16(21)20-15-9-5-13(6-10-15)17(22)19-11-12-3-7-14(18)8-4-12/h3-10H,2,11H2,1H3,(H,19,22)(H,20,21). The highest BCUT2D eigenvalue weighted by molar-refractivity contribution is 5.95.